The minimum absolute atomic E-state index is 0.00727. The Morgan fingerprint density at radius 1 is 1.11 bits per heavy atom. The summed E-state index contributed by atoms with van der Waals surface area (Å²) in [5, 5.41) is 42.9. The van der Waals surface area contributed by atoms with Gasteiger partial charge in [0.15, 0.2) is 12.1 Å². The fourth-order valence-electron chi connectivity index (χ4n) is 9.31. The molecule has 0 amide bonds. The van der Waals surface area contributed by atoms with Crippen LogP contribution in [0.5, 0.6) is 0 Å². The SMILES string of the molecule is C[C@H](CO)CC[C@H]1O[C@@H](C)O[C@@]1(C)[C@H]1CC[C@@]2(O)C3=CC(=O)[C@@H]4C[C@@H](O)[C@@H](O)C[C@]4(C)[C@H]3CC[C@]12C. The van der Waals surface area contributed by atoms with Gasteiger partial charge in [-0.25, -0.2) is 0 Å². The van der Waals surface area contributed by atoms with E-state index in [2.05, 4.69) is 20.8 Å². The Bertz CT molecular complexity index is 919. The summed E-state index contributed by atoms with van der Waals surface area (Å²) >= 11 is 0. The number of ether oxygens (including phenoxy) is 2. The third-order valence-electron chi connectivity index (χ3n) is 11.5. The number of aliphatic hydroxyl groups is 4. The third kappa shape index (κ3) is 3.64. The van der Waals surface area contributed by atoms with Gasteiger partial charge < -0.3 is 29.9 Å². The van der Waals surface area contributed by atoms with Crippen LogP contribution in [0.1, 0.15) is 86.0 Å². The molecule has 4 fully saturated rings. The first kappa shape index (κ1) is 26.8. The zero-order valence-corrected chi connectivity index (χ0v) is 22.6. The molecular weight excluding hydrogens is 460 g/mol. The van der Waals surface area contributed by atoms with Gasteiger partial charge in [0.2, 0.25) is 0 Å². The van der Waals surface area contributed by atoms with Crippen LogP contribution in [0.3, 0.4) is 0 Å². The molecule has 0 unspecified atom stereocenters. The lowest BCUT2D eigenvalue weighted by atomic mass is 9.45. The number of carbonyl (C=O) groups excluding carboxylic acids is 1. The maximum Gasteiger partial charge on any atom is 0.159 e. The molecule has 0 bridgehead atoms. The summed E-state index contributed by atoms with van der Waals surface area (Å²) in [4.78, 5) is 13.4. The highest BCUT2D eigenvalue weighted by molar-refractivity contribution is 5.95. The zero-order valence-electron chi connectivity index (χ0n) is 22.6. The highest BCUT2D eigenvalue weighted by Gasteiger charge is 2.70. The van der Waals surface area contributed by atoms with E-state index in [1.54, 1.807) is 6.08 Å². The van der Waals surface area contributed by atoms with E-state index in [1.807, 2.05) is 13.8 Å². The van der Waals surface area contributed by atoms with Crippen molar-refractivity contribution in [3.63, 3.8) is 0 Å². The van der Waals surface area contributed by atoms with Crippen LogP contribution < -0.4 is 0 Å². The van der Waals surface area contributed by atoms with Crippen LogP contribution in [0.15, 0.2) is 11.6 Å². The van der Waals surface area contributed by atoms with E-state index >= 15 is 0 Å². The van der Waals surface area contributed by atoms with Gasteiger partial charge in [-0.3, -0.25) is 4.79 Å². The number of hydrogen-bond donors (Lipinski definition) is 4. The molecule has 4 aliphatic carbocycles. The number of ketones is 1. The second kappa shape index (κ2) is 8.85. The first-order chi connectivity index (χ1) is 16.8. The molecule has 12 atom stereocenters. The van der Waals surface area contributed by atoms with Crippen molar-refractivity contribution in [2.45, 2.75) is 122 Å². The quantitative estimate of drug-likeness (QED) is 0.453. The summed E-state index contributed by atoms with van der Waals surface area (Å²) in [6.45, 7) is 10.5. The molecule has 7 nitrogen and oxygen atoms in total. The Hall–Kier alpha value is -0.830. The lowest BCUT2D eigenvalue weighted by Crippen LogP contribution is -2.62. The summed E-state index contributed by atoms with van der Waals surface area (Å²) in [6.07, 6.45) is 4.82. The summed E-state index contributed by atoms with van der Waals surface area (Å²) in [5.74, 6) is -0.0927. The van der Waals surface area contributed by atoms with Crippen LogP contribution in [0.4, 0.5) is 0 Å². The van der Waals surface area contributed by atoms with E-state index in [9.17, 15) is 25.2 Å². The second-order valence-corrected chi connectivity index (χ2v) is 13.5. The summed E-state index contributed by atoms with van der Waals surface area (Å²) in [7, 11) is 0. The van der Waals surface area contributed by atoms with E-state index in [1.165, 1.54) is 0 Å². The number of carbonyl (C=O) groups is 1. The standard InChI is InChI=1S/C29H46O7/c1-16(15-30)6-7-25-28(5,36-17(2)35-25)24-9-11-29(34)19-12-21(31)20-13-22(32)23(33)14-26(20,3)18(19)8-10-27(24,29)4/h12,16-18,20,22-25,30,32-34H,6-11,13-15H2,1-5H3/t16-,17+,18-,20-,22+,23-,24-,25+,26+,27+,28-,29+/m0/s1. The van der Waals surface area contributed by atoms with Crippen molar-refractivity contribution in [2.24, 2.45) is 34.5 Å². The van der Waals surface area contributed by atoms with Crippen LogP contribution in [0.2, 0.25) is 0 Å². The van der Waals surface area contributed by atoms with E-state index in [4.69, 9.17) is 9.47 Å². The molecule has 0 radical (unpaired) electrons. The zero-order chi connectivity index (χ0) is 26.3. The fraction of sp³-hybridized carbons (Fsp3) is 0.897. The second-order valence-electron chi connectivity index (χ2n) is 13.5. The first-order valence-electron chi connectivity index (χ1n) is 14.1. The molecule has 0 aromatic carbocycles. The average molecular weight is 507 g/mol. The van der Waals surface area contributed by atoms with E-state index in [-0.39, 0.29) is 54.9 Å². The van der Waals surface area contributed by atoms with E-state index in [0.717, 1.165) is 37.7 Å². The highest BCUT2D eigenvalue weighted by Crippen LogP contribution is 2.69. The number of fused-ring (bicyclic) bond motifs is 5. The van der Waals surface area contributed by atoms with Crippen LogP contribution in [0.25, 0.3) is 0 Å². The van der Waals surface area contributed by atoms with Crippen molar-refractivity contribution in [3.8, 4) is 0 Å². The number of hydrogen-bond acceptors (Lipinski definition) is 7. The van der Waals surface area contributed by atoms with Crippen LogP contribution >= 0.6 is 0 Å². The molecule has 5 rings (SSSR count). The Kier molecular flexibility index (Phi) is 6.58. The van der Waals surface area contributed by atoms with Crippen molar-refractivity contribution >= 4 is 5.78 Å². The fourth-order valence-corrected chi connectivity index (χ4v) is 9.31. The van der Waals surface area contributed by atoms with Gasteiger partial charge in [-0.05, 0) is 100 Å². The minimum Gasteiger partial charge on any atom is -0.396 e. The van der Waals surface area contributed by atoms with Gasteiger partial charge in [0.25, 0.3) is 0 Å². The number of aliphatic hydroxyl groups excluding tert-OH is 3. The molecule has 1 saturated heterocycles. The molecule has 0 spiro atoms. The van der Waals surface area contributed by atoms with E-state index in [0.29, 0.717) is 12.8 Å². The molecule has 5 aliphatic rings. The molecule has 7 heteroatoms. The van der Waals surface area contributed by atoms with Crippen molar-refractivity contribution < 1.29 is 34.7 Å². The van der Waals surface area contributed by atoms with Gasteiger partial charge in [0.1, 0.15) is 0 Å². The predicted octanol–water partition coefficient (Wildman–Crippen LogP) is 3.12. The predicted molar refractivity (Wildman–Crippen MR) is 134 cm³/mol. The van der Waals surface area contributed by atoms with Gasteiger partial charge in [-0.1, -0.05) is 20.8 Å². The molecule has 1 aliphatic heterocycles. The number of rotatable bonds is 5. The monoisotopic (exact) mass is 506 g/mol. The molecule has 204 valence electrons. The van der Waals surface area contributed by atoms with Gasteiger partial charge in [0.05, 0.1) is 29.5 Å². The molecule has 36 heavy (non-hydrogen) atoms. The first-order valence-corrected chi connectivity index (χ1v) is 14.1. The topological polar surface area (TPSA) is 116 Å². The average Bonchev–Trinajstić information content (AvgIpc) is 3.26. The lowest BCUT2D eigenvalue weighted by molar-refractivity contribution is -0.166. The largest absolute Gasteiger partial charge is 0.396 e. The molecular formula is C29H46O7. The summed E-state index contributed by atoms with van der Waals surface area (Å²) < 4.78 is 12.8. The third-order valence-corrected chi connectivity index (χ3v) is 11.5. The maximum atomic E-state index is 13.4. The van der Waals surface area contributed by atoms with Gasteiger partial charge >= 0.3 is 0 Å². The Morgan fingerprint density at radius 3 is 2.53 bits per heavy atom. The lowest BCUT2D eigenvalue weighted by Gasteiger charge is -2.60. The molecule has 3 saturated carbocycles. The highest BCUT2D eigenvalue weighted by atomic mass is 16.7. The van der Waals surface area contributed by atoms with Gasteiger partial charge in [0, 0.05) is 17.9 Å². The van der Waals surface area contributed by atoms with Crippen LogP contribution in [-0.4, -0.2) is 68.6 Å². The van der Waals surface area contributed by atoms with Gasteiger partial charge in [-0.15, -0.1) is 0 Å². The van der Waals surface area contributed by atoms with Crippen molar-refractivity contribution in [1.29, 1.82) is 0 Å². The maximum absolute atomic E-state index is 13.4. The number of allylic oxidation sites excluding steroid dienone is 1. The van der Waals surface area contributed by atoms with Gasteiger partial charge in [-0.2, -0.15) is 0 Å². The van der Waals surface area contributed by atoms with Crippen LogP contribution in [0, 0.1) is 34.5 Å². The van der Waals surface area contributed by atoms with Crippen molar-refractivity contribution in [2.75, 3.05) is 6.61 Å². The minimum atomic E-state index is -1.12. The smallest absolute Gasteiger partial charge is 0.159 e. The Morgan fingerprint density at radius 2 is 1.83 bits per heavy atom. The van der Waals surface area contributed by atoms with Crippen molar-refractivity contribution in [3.05, 3.63) is 11.6 Å². The Balaban J connectivity index is 1.48. The molecule has 1 heterocycles. The van der Waals surface area contributed by atoms with Crippen LogP contribution in [-0.2, 0) is 14.3 Å². The Labute approximate surface area is 215 Å². The molecule has 4 N–H and O–H groups in total. The summed E-state index contributed by atoms with van der Waals surface area (Å²) in [5.41, 5.74) is -1.80. The molecule has 0 aromatic rings. The molecule has 0 aromatic heterocycles. The normalized spacial score (nSPS) is 53.4. The summed E-state index contributed by atoms with van der Waals surface area (Å²) in [6, 6.07) is 0. The van der Waals surface area contributed by atoms with E-state index < -0.39 is 34.2 Å². The van der Waals surface area contributed by atoms with Crippen molar-refractivity contribution in [1.82, 2.24) is 0 Å².